The molecule has 7 nitrogen and oxygen atoms in total. The summed E-state index contributed by atoms with van der Waals surface area (Å²) in [6.07, 6.45) is 4.68. The molecule has 0 aromatic heterocycles. The largest absolute Gasteiger partial charge is 0.744 e. The zero-order valence-corrected chi connectivity index (χ0v) is 21.0. The third-order valence-electron chi connectivity index (χ3n) is 6.81. The number of nitrogens with zero attached hydrogens (tertiary/aromatic N) is 1. The van der Waals surface area contributed by atoms with Crippen LogP contribution in [-0.4, -0.2) is 61.8 Å². The average Bonchev–Trinajstić information content (AvgIpc) is 3.44. The molecule has 0 bridgehead atoms. The van der Waals surface area contributed by atoms with Crippen LogP contribution in [0.1, 0.15) is 43.2 Å². The van der Waals surface area contributed by atoms with Crippen LogP contribution in [0.15, 0.2) is 59.5 Å². The standard InChI is InChI=1S/C19H28NO3.C7H8O3S/c1-20(2)13-12-17(14-20)23-18(21)19(22,16-10-6-7-11-16)15-8-4-3-5-9-15;1-6-2-4-7(5-3-6)11(8,9)10/h3-5,8-9,16-17,22H,6-7,10-14H2,1-2H3;2-5H,1H3,(H,8,9,10)/q+1;/p-1/t17-,19-;/m1./s1. The number of hydrogen-bond acceptors (Lipinski definition) is 6. The van der Waals surface area contributed by atoms with Crippen LogP contribution in [0.2, 0.25) is 0 Å². The zero-order valence-electron chi connectivity index (χ0n) is 20.1. The Balaban J connectivity index is 0.000000248. The van der Waals surface area contributed by atoms with E-state index in [2.05, 4.69) is 14.1 Å². The molecule has 2 atom stereocenters. The number of likely N-dealkylation sites (N-methyl/N-ethyl adjacent to an activating group) is 1. The molecule has 1 N–H and O–H groups in total. The molecule has 0 amide bonds. The number of carbonyl (C=O) groups is 1. The van der Waals surface area contributed by atoms with Gasteiger partial charge in [0.2, 0.25) is 0 Å². The lowest BCUT2D eigenvalue weighted by atomic mass is 9.80. The van der Waals surface area contributed by atoms with E-state index in [1.54, 1.807) is 12.1 Å². The van der Waals surface area contributed by atoms with Crippen LogP contribution in [0.4, 0.5) is 0 Å². The van der Waals surface area contributed by atoms with Crippen LogP contribution in [-0.2, 0) is 25.3 Å². The highest BCUT2D eigenvalue weighted by molar-refractivity contribution is 7.85. The van der Waals surface area contributed by atoms with Crippen LogP contribution >= 0.6 is 0 Å². The fourth-order valence-electron chi connectivity index (χ4n) is 4.83. The van der Waals surface area contributed by atoms with Crippen molar-refractivity contribution >= 4 is 16.1 Å². The molecule has 1 aliphatic carbocycles. The fraction of sp³-hybridized carbons (Fsp3) is 0.500. The van der Waals surface area contributed by atoms with Crippen molar-refractivity contribution in [1.29, 1.82) is 0 Å². The lowest BCUT2D eigenvalue weighted by molar-refractivity contribution is -0.879. The first kappa shape index (κ1) is 26.3. The molecule has 34 heavy (non-hydrogen) atoms. The van der Waals surface area contributed by atoms with E-state index in [1.807, 2.05) is 37.3 Å². The number of benzene rings is 2. The van der Waals surface area contributed by atoms with Crippen molar-refractivity contribution in [2.45, 2.75) is 55.6 Å². The van der Waals surface area contributed by atoms with Crippen molar-refractivity contribution < 1.29 is 32.1 Å². The third kappa shape index (κ3) is 6.44. The Kier molecular flexibility index (Phi) is 8.18. The lowest BCUT2D eigenvalue weighted by Gasteiger charge is -2.33. The van der Waals surface area contributed by atoms with E-state index in [0.717, 1.165) is 55.2 Å². The first-order valence-corrected chi connectivity index (χ1v) is 13.2. The number of quaternary nitrogens is 1. The molecule has 1 saturated heterocycles. The first-order chi connectivity index (χ1) is 15.9. The Morgan fingerprint density at radius 1 is 1.03 bits per heavy atom. The number of aryl methyl sites for hydroxylation is 1. The summed E-state index contributed by atoms with van der Waals surface area (Å²) in [7, 11) is 0.0245. The van der Waals surface area contributed by atoms with Gasteiger partial charge in [-0.2, -0.15) is 0 Å². The van der Waals surface area contributed by atoms with Crippen molar-refractivity contribution in [2.75, 3.05) is 27.2 Å². The second kappa shape index (κ2) is 10.6. The van der Waals surface area contributed by atoms with Crippen LogP contribution in [0.5, 0.6) is 0 Å². The first-order valence-electron chi connectivity index (χ1n) is 11.8. The van der Waals surface area contributed by atoms with Crippen molar-refractivity contribution in [1.82, 2.24) is 0 Å². The van der Waals surface area contributed by atoms with Crippen molar-refractivity contribution in [3.05, 3.63) is 65.7 Å². The summed E-state index contributed by atoms with van der Waals surface area (Å²) in [4.78, 5) is 12.8. The van der Waals surface area contributed by atoms with Gasteiger partial charge in [0.1, 0.15) is 16.7 Å². The maximum absolute atomic E-state index is 12.9. The molecule has 1 aliphatic heterocycles. The van der Waals surface area contributed by atoms with Gasteiger partial charge in [-0.25, -0.2) is 13.2 Å². The molecule has 0 radical (unpaired) electrons. The van der Waals surface area contributed by atoms with Gasteiger partial charge in [0.25, 0.3) is 0 Å². The van der Waals surface area contributed by atoms with Gasteiger partial charge in [-0.1, -0.05) is 60.9 Å². The van der Waals surface area contributed by atoms with E-state index < -0.39 is 21.7 Å². The summed E-state index contributed by atoms with van der Waals surface area (Å²) in [6, 6.07) is 15.1. The van der Waals surface area contributed by atoms with Gasteiger partial charge in [-0.15, -0.1) is 0 Å². The van der Waals surface area contributed by atoms with Crippen LogP contribution in [0, 0.1) is 12.8 Å². The average molecular weight is 490 g/mol. The lowest BCUT2D eigenvalue weighted by Crippen LogP contribution is -2.46. The Bertz CT molecular complexity index is 1060. The second-order valence-electron chi connectivity index (χ2n) is 10.0. The van der Waals surface area contributed by atoms with Gasteiger partial charge in [0.05, 0.1) is 25.5 Å². The third-order valence-corrected chi connectivity index (χ3v) is 7.66. The monoisotopic (exact) mass is 489 g/mol. The number of likely N-dealkylation sites (tertiary alicyclic amines) is 1. The molecule has 2 aromatic carbocycles. The number of hydrogen-bond donors (Lipinski definition) is 1. The number of carbonyl (C=O) groups excluding carboxylic acids is 1. The van der Waals surface area contributed by atoms with Crippen LogP contribution in [0.3, 0.4) is 0 Å². The van der Waals surface area contributed by atoms with E-state index in [0.29, 0.717) is 5.56 Å². The van der Waals surface area contributed by atoms with E-state index in [-0.39, 0.29) is 16.9 Å². The van der Waals surface area contributed by atoms with E-state index in [9.17, 15) is 22.9 Å². The highest BCUT2D eigenvalue weighted by Gasteiger charge is 2.49. The summed E-state index contributed by atoms with van der Waals surface area (Å²) >= 11 is 0. The Hall–Kier alpha value is -2.26. The molecule has 0 spiro atoms. The van der Waals surface area contributed by atoms with E-state index in [1.165, 1.54) is 12.1 Å². The van der Waals surface area contributed by atoms with Gasteiger partial charge < -0.3 is 18.9 Å². The molecular formula is C26H35NO6S. The van der Waals surface area contributed by atoms with Gasteiger partial charge in [-0.3, -0.25) is 0 Å². The van der Waals surface area contributed by atoms with Gasteiger partial charge >= 0.3 is 5.97 Å². The van der Waals surface area contributed by atoms with Crippen molar-refractivity contribution in [3.8, 4) is 0 Å². The summed E-state index contributed by atoms with van der Waals surface area (Å²) in [5, 5.41) is 11.4. The quantitative estimate of drug-likeness (QED) is 0.392. The molecule has 4 rings (SSSR count). The minimum absolute atomic E-state index is 0.0405. The highest BCUT2D eigenvalue weighted by Crippen LogP contribution is 2.42. The van der Waals surface area contributed by atoms with Gasteiger partial charge in [0, 0.05) is 12.3 Å². The maximum Gasteiger partial charge on any atom is 0.343 e. The highest BCUT2D eigenvalue weighted by atomic mass is 32.2. The number of ether oxygens (including phenoxy) is 1. The van der Waals surface area contributed by atoms with Crippen LogP contribution < -0.4 is 0 Å². The zero-order chi connectivity index (χ0) is 25.0. The second-order valence-corrected chi connectivity index (χ2v) is 11.4. The van der Waals surface area contributed by atoms with Gasteiger partial charge in [-0.05, 0) is 37.5 Å². The molecule has 2 aromatic rings. The number of rotatable bonds is 5. The molecule has 1 heterocycles. The summed E-state index contributed by atoms with van der Waals surface area (Å²) < 4.78 is 37.8. The van der Waals surface area contributed by atoms with Crippen molar-refractivity contribution in [3.63, 3.8) is 0 Å². The Morgan fingerprint density at radius 2 is 1.62 bits per heavy atom. The molecule has 8 heteroatoms. The normalized spacial score (nSPS) is 21.9. The maximum atomic E-state index is 12.9. The molecule has 1 saturated carbocycles. The summed E-state index contributed by atoms with van der Waals surface area (Å²) in [5.74, 6) is -0.496. The SMILES string of the molecule is C[N+]1(C)CC[C@@H](OC(=O)[C@@](O)(c2ccccc2)C2CCCC2)C1.Cc1ccc(S(=O)(=O)[O-])cc1. The Labute approximate surface area is 202 Å². The van der Waals surface area contributed by atoms with E-state index >= 15 is 0 Å². The minimum Gasteiger partial charge on any atom is -0.744 e. The van der Waals surface area contributed by atoms with Gasteiger partial charge in [0.15, 0.2) is 11.7 Å². The topological polar surface area (TPSA) is 104 Å². The number of esters is 1. The predicted octanol–water partition coefficient (Wildman–Crippen LogP) is 3.36. The molecule has 0 unspecified atom stereocenters. The minimum atomic E-state index is -4.27. The molecule has 186 valence electrons. The van der Waals surface area contributed by atoms with Crippen molar-refractivity contribution in [2.24, 2.45) is 5.92 Å². The molecular weight excluding hydrogens is 454 g/mol. The van der Waals surface area contributed by atoms with E-state index in [4.69, 9.17) is 4.74 Å². The van der Waals surface area contributed by atoms with Crippen LogP contribution in [0.25, 0.3) is 0 Å². The Morgan fingerprint density at radius 3 is 2.12 bits per heavy atom. The summed E-state index contributed by atoms with van der Waals surface area (Å²) in [6.45, 7) is 3.65. The predicted molar refractivity (Wildman–Crippen MR) is 128 cm³/mol. The smallest absolute Gasteiger partial charge is 0.343 e. The fourth-order valence-corrected chi connectivity index (χ4v) is 5.30. The molecule has 2 fully saturated rings. The molecule has 2 aliphatic rings. The number of aliphatic hydroxyl groups is 1. The summed E-state index contributed by atoms with van der Waals surface area (Å²) in [5.41, 5.74) is 0.0957.